The van der Waals surface area contributed by atoms with Gasteiger partial charge in [-0.2, -0.15) is 0 Å². The van der Waals surface area contributed by atoms with Crippen LogP contribution in [0.1, 0.15) is 39.3 Å². The molecule has 2 aromatic heterocycles. The number of furan rings is 1. The molecule has 1 aromatic carbocycles. The zero-order valence-electron chi connectivity index (χ0n) is 15.0. The van der Waals surface area contributed by atoms with Gasteiger partial charge >= 0.3 is 0 Å². The van der Waals surface area contributed by atoms with Crippen LogP contribution in [0.15, 0.2) is 47.2 Å². The van der Waals surface area contributed by atoms with E-state index in [2.05, 4.69) is 10.3 Å². The summed E-state index contributed by atoms with van der Waals surface area (Å²) >= 11 is 6.42. The van der Waals surface area contributed by atoms with Gasteiger partial charge in [0.2, 0.25) is 0 Å². The number of halogens is 3. The summed E-state index contributed by atoms with van der Waals surface area (Å²) < 4.78 is 32.9. The van der Waals surface area contributed by atoms with E-state index in [9.17, 15) is 18.4 Å². The van der Waals surface area contributed by atoms with Crippen molar-refractivity contribution < 1.29 is 22.8 Å². The number of rotatable bonds is 6. The number of hydrogen-bond acceptors (Lipinski definition) is 4. The molecule has 0 unspecified atom stereocenters. The first-order valence-electron chi connectivity index (χ1n) is 8.86. The predicted octanol–water partition coefficient (Wildman–Crippen LogP) is 4.55. The summed E-state index contributed by atoms with van der Waals surface area (Å²) in [5.41, 5.74) is 0.410. The Kier molecular flexibility index (Phi) is 4.92. The van der Waals surface area contributed by atoms with Gasteiger partial charge in [0.25, 0.3) is 5.91 Å². The lowest BCUT2D eigenvalue weighted by molar-refractivity contribution is 0.0940. The summed E-state index contributed by atoms with van der Waals surface area (Å²) in [6.07, 6.45) is 5.07. The van der Waals surface area contributed by atoms with Gasteiger partial charge in [0.15, 0.2) is 6.29 Å². The molecule has 4 rings (SSSR count). The number of carbonyl (C=O) groups is 2. The van der Waals surface area contributed by atoms with Gasteiger partial charge in [-0.1, -0.05) is 17.7 Å². The van der Waals surface area contributed by atoms with Gasteiger partial charge in [-0.25, -0.2) is 8.78 Å². The molecule has 5 nitrogen and oxygen atoms in total. The van der Waals surface area contributed by atoms with Crippen molar-refractivity contribution in [3.05, 3.63) is 76.3 Å². The summed E-state index contributed by atoms with van der Waals surface area (Å²) in [6.45, 7) is 0.145. The summed E-state index contributed by atoms with van der Waals surface area (Å²) in [4.78, 5) is 27.8. The summed E-state index contributed by atoms with van der Waals surface area (Å²) in [6, 6.07) is 6.46. The van der Waals surface area contributed by atoms with Gasteiger partial charge in [0.05, 0.1) is 22.5 Å². The molecule has 1 aliphatic carbocycles. The maximum Gasteiger partial charge on any atom is 0.257 e. The molecule has 0 radical (unpaired) electrons. The van der Waals surface area contributed by atoms with Crippen molar-refractivity contribution in [1.29, 1.82) is 0 Å². The van der Waals surface area contributed by atoms with Gasteiger partial charge in [0, 0.05) is 23.7 Å². The minimum absolute atomic E-state index is 0.145. The molecule has 1 amide bonds. The van der Waals surface area contributed by atoms with Gasteiger partial charge in [-0.3, -0.25) is 14.6 Å². The zero-order valence-corrected chi connectivity index (χ0v) is 15.8. The highest BCUT2D eigenvalue weighted by Gasteiger charge is 2.47. The first-order chi connectivity index (χ1) is 13.9. The lowest BCUT2D eigenvalue weighted by Crippen LogP contribution is -2.34. The number of aromatic nitrogens is 1. The van der Waals surface area contributed by atoms with E-state index in [0.717, 1.165) is 25.0 Å². The second kappa shape index (κ2) is 7.40. The second-order valence-electron chi connectivity index (χ2n) is 6.94. The number of amides is 1. The Hall–Kier alpha value is -3.06. The summed E-state index contributed by atoms with van der Waals surface area (Å²) in [5.74, 6) is -2.30. The third kappa shape index (κ3) is 3.53. The van der Waals surface area contributed by atoms with Gasteiger partial charge in [-0.15, -0.1) is 0 Å². The third-order valence-corrected chi connectivity index (χ3v) is 5.35. The van der Waals surface area contributed by atoms with Crippen LogP contribution in [-0.2, 0) is 5.41 Å². The van der Waals surface area contributed by atoms with Crippen LogP contribution in [0, 0.1) is 11.6 Å². The van der Waals surface area contributed by atoms with Crippen LogP contribution in [0.25, 0.3) is 11.3 Å². The fourth-order valence-corrected chi connectivity index (χ4v) is 3.67. The van der Waals surface area contributed by atoms with Crippen molar-refractivity contribution >= 4 is 23.8 Å². The van der Waals surface area contributed by atoms with Crippen molar-refractivity contribution in [2.24, 2.45) is 0 Å². The fraction of sp³-hybridized carbons (Fsp3) is 0.190. The van der Waals surface area contributed by atoms with Gasteiger partial charge in [-0.05, 0) is 37.1 Å². The van der Waals surface area contributed by atoms with Crippen LogP contribution in [0.5, 0.6) is 0 Å². The number of pyridine rings is 1. The van der Waals surface area contributed by atoms with Crippen LogP contribution in [0.3, 0.4) is 0 Å². The maximum atomic E-state index is 13.8. The van der Waals surface area contributed by atoms with E-state index in [0.29, 0.717) is 33.9 Å². The molecule has 2 heterocycles. The molecule has 0 saturated heterocycles. The van der Waals surface area contributed by atoms with Crippen LogP contribution in [-0.4, -0.2) is 23.7 Å². The first-order valence-corrected chi connectivity index (χ1v) is 9.24. The van der Waals surface area contributed by atoms with Crippen molar-refractivity contribution in [2.75, 3.05) is 6.54 Å². The Balaban J connectivity index is 1.54. The molecule has 0 bridgehead atoms. The van der Waals surface area contributed by atoms with Crippen LogP contribution >= 0.6 is 11.6 Å². The number of benzene rings is 1. The molecule has 1 N–H and O–H groups in total. The average Bonchev–Trinajstić information content (AvgIpc) is 3.32. The minimum atomic E-state index is -0.919. The number of hydrogen-bond donors (Lipinski definition) is 1. The normalized spacial score (nSPS) is 14.4. The largest absolute Gasteiger partial charge is 0.464 e. The first kappa shape index (κ1) is 19.3. The van der Waals surface area contributed by atoms with Crippen molar-refractivity contribution in [2.45, 2.75) is 18.3 Å². The van der Waals surface area contributed by atoms with Gasteiger partial charge < -0.3 is 9.73 Å². The van der Waals surface area contributed by atoms with Crippen molar-refractivity contribution in [3.8, 4) is 11.3 Å². The molecule has 1 aliphatic rings. The molecule has 1 fully saturated rings. The van der Waals surface area contributed by atoms with Crippen LogP contribution in [0.2, 0.25) is 5.02 Å². The van der Waals surface area contributed by atoms with E-state index in [4.69, 9.17) is 16.0 Å². The number of carbonyl (C=O) groups excluding carboxylic acids is 2. The highest BCUT2D eigenvalue weighted by molar-refractivity contribution is 6.31. The number of nitrogens with one attached hydrogen (secondary N) is 1. The smallest absolute Gasteiger partial charge is 0.257 e. The molecule has 1 saturated carbocycles. The Bertz CT molecular complexity index is 1090. The fourth-order valence-electron chi connectivity index (χ4n) is 3.30. The molecule has 3 aromatic rings. The third-order valence-electron chi connectivity index (χ3n) is 5.06. The highest BCUT2D eigenvalue weighted by Crippen LogP contribution is 2.49. The zero-order chi connectivity index (χ0) is 20.6. The molecule has 0 aliphatic heterocycles. The highest BCUT2D eigenvalue weighted by atomic mass is 35.5. The quantitative estimate of drug-likeness (QED) is 0.598. The molecule has 29 heavy (non-hydrogen) atoms. The van der Waals surface area contributed by atoms with Crippen molar-refractivity contribution in [3.63, 3.8) is 0 Å². The Morgan fingerprint density at radius 1 is 1.28 bits per heavy atom. The van der Waals surface area contributed by atoms with Crippen LogP contribution < -0.4 is 5.32 Å². The number of nitrogens with zero attached hydrogens (tertiary/aromatic N) is 1. The molecular formula is C21H15ClF2N2O3. The van der Waals surface area contributed by atoms with E-state index < -0.39 is 28.5 Å². The Morgan fingerprint density at radius 3 is 2.62 bits per heavy atom. The summed E-state index contributed by atoms with van der Waals surface area (Å²) in [5, 5.41) is 2.95. The Morgan fingerprint density at radius 2 is 2.00 bits per heavy atom. The summed E-state index contributed by atoms with van der Waals surface area (Å²) in [7, 11) is 0. The van der Waals surface area contributed by atoms with E-state index in [1.54, 1.807) is 18.3 Å². The standard InChI is InChI=1S/C21H15ClF2N2O3/c22-14-8-13(18-12(10-27)4-7-29-18)9-25-19(14)21(5-6-21)11-26-20(28)17-15(23)2-1-3-16(17)24/h1-4,7-10H,5-6,11H2,(H,26,28). The lowest BCUT2D eigenvalue weighted by atomic mass is 10.00. The van der Waals surface area contributed by atoms with E-state index >= 15 is 0 Å². The number of aldehydes is 1. The predicted molar refractivity (Wildman–Crippen MR) is 102 cm³/mol. The minimum Gasteiger partial charge on any atom is -0.464 e. The molecular weight excluding hydrogens is 402 g/mol. The van der Waals surface area contributed by atoms with Crippen molar-refractivity contribution in [1.82, 2.24) is 10.3 Å². The van der Waals surface area contributed by atoms with E-state index in [1.165, 1.54) is 12.3 Å². The lowest BCUT2D eigenvalue weighted by Gasteiger charge is -2.18. The topological polar surface area (TPSA) is 72.2 Å². The molecule has 0 atom stereocenters. The monoisotopic (exact) mass is 416 g/mol. The Labute approximate surface area is 169 Å². The molecule has 0 spiro atoms. The van der Waals surface area contributed by atoms with Gasteiger partial charge in [0.1, 0.15) is 23.0 Å². The maximum absolute atomic E-state index is 13.8. The SMILES string of the molecule is O=Cc1ccoc1-c1cnc(C2(CNC(=O)c3c(F)cccc3F)CC2)c(Cl)c1. The molecule has 8 heteroatoms. The molecule has 148 valence electrons. The van der Waals surface area contributed by atoms with E-state index in [1.807, 2.05) is 0 Å². The second-order valence-corrected chi connectivity index (χ2v) is 7.34. The van der Waals surface area contributed by atoms with E-state index in [-0.39, 0.29) is 6.54 Å². The van der Waals surface area contributed by atoms with Crippen LogP contribution in [0.4, 0.5) is 8.78 Å². The average molecular weight is 417 g/mol.